The fraction of sp³-hybridized carbons (Fsp3) is 0.391. The van der Waals surface area contributed by atoms with Crippen molar-refractivity contribution in [1.82, 2.24) is 19.7 Å². The lowest BCUT2D eigenvalue weighted by Gasteiger charge is -2.12. The number of nitrogens with one attached hydrogen (secondary N) is 1. The van der Waals surface area contributed by atoms with Crippen molar-refractivity contribution in [2.24, 2.45) is 0 Å². The second-order valence-corrected chi connectivity index (χ2v) is 8.94. The first-order valence-corrected chi connectivity index (χ1v) is 11.0. The van der Waals surface area contributed by atoms with Gasteiger partial charge in [0.2, 0.25) is 0 Å². The SMILES string of the molecule is CCCn1c(S[C@@H](C)C(=O)c2[nH]c(C)c(C(C)=O)c2C)nnc1-c1cccc(C)c1. The number of nitrogens with zero attached hydrogens (tertiary/aromatic N) is 3. The van der Waals surface area contributed by atoms with E-state index < -0.39 is 0 Å². The molecule has 1 aromatic carbocycles. The second kappa shape index (κ2) is 9.00. The van der Waals surface area contributed by atoms with Gasteiger partial charge in [-0.3, -0.25) is 9.59 Å². The number of rotatable bonds is 8. The molecule has 3 aromatic rings. The summed E-state index contributed by atoms with van der Waals surface area (Å²) in [6.45, 7) is 12.0. The molecule has 2 aromatic heterocycles. The van der Waals surface area contributed by atoms with Crippen molar-refractivity contribution in [2.75, 3.05) is 0 Å². The van der Waals surface area contributed by atoms with Crippen LogP contribution in [0.2, 0.25) is 0 Å². The quantitative estimate of drug-likeness (QED) is 0.398. The Hall–Kier alpha value is -2.67. The zero-order valence-corrected chi connectivity index (χ0v) is 19.2. The molecule has 7 heteroatoms. The van der Waals surface area contributed by atoms with Gasteiger partial charge in [0.05, 0.1) is 10.9 Å². The van der Waals surface area contributed by atoms with E-state index in [9.17, 15) is 9.59 Å². The summed E-state index contributed by atoms with van der Waals surface area (Å²) < 4.78 is 2.08. The molecule has 30 heavy (non-hydrogen) atoms. The number of hydrogen-bond donors (Lipinski definition) is 1. The van der Waals surface area contributed by atoms with Gasteiger partial charge in [0.15, 0.2) is 22.5 Å². The Kier molecular flexibility index (Phi) is 6.61. The van der Waals surface area contributed by atoms with Crippen molar-refractivity contribution >= 4 is 23.3 Å². The van der Waals surface area contributed by atoms with Gasteiger partial charge in [-0.25, -0.2) is 0 Å². The molecule has 0 aliphatic rings. The van der Waals surface area contributed by atoms with Gasteiger partial charge >= 0.3 is 0 Å². The fourth-order valence-electron chi connectivity index (χ4n) is 3.74. The molecule has 6 nitrogen and oxygen atoms in total. The third-order valence-electron chi connectivity index (χ3n) is 5.13. The second-order valence-electron chi connectivity index (χ2n) is 7.63. The van der Waals surface area contributed by atoms with Crippen LogP contribution in [-0.4, -0.2) is 36.6 Å². The lowest BCUT2D eigenvalue weighted by Crippen LogP contribution is -2.16. The van der Waals surface area contributed by atoms with Crippen molar-refractivity contribution in [3.05, 3.63) is 52.3 Å². The van der Waals surface area contributed by atoms with Crippen molar-refractivity contribution in [1.29, 1.82) is 0 Å². The van der Waals surface area contributed by atoms with E-state index >= 15 is 0 Å². The smallest absolute Gasteiger partial charge is 0.192 e. The number of H-pyrrole nitrogens is 1. The van der Waals surface area contributed by atoms with Gasteiger partial charge in [-0.15, -0.1) is 10.2 Å². The van der Waals surface area contributed by atoms with Crippen LogP contribution in [-0.2, 0) is 6.54 Å². The number of hydrogen-bond acceptors (Lipinski definition) is 5. The van der Waals surface area contributed by atoms with E-state index in [0.29, 0.717) is 16.8 Å². The highest BCUT2D eigenvalue weighted by molar-refractivity contribution is 8.00. The largest absolute Gasteiger partial charge is 0.355 e. The summed E-state index contributed by atoms with van der Waals surface area (Å²) in [7, 11) is 0. The molecule has 0 aliphatic carbocycles. The number of Topliss-reactive ketones (excluding diaryl/α,β-unsaturated/α-hetero) is 2. The number of thioether (sulfide) groups is 1. The van der Waals surface area contributed by atoms with E-state index in [1.54, 1.807) is 0 Å². The number of benzene rings is 1. The number of aromatic nitrogens is 4. The van der Waals surface area contributed by atoms with Gasteiger partial charge in [0.25, 0.3) is 0 Å². The van der Waals surface area contributed by atoms with E-state index in [1.807, 2.05) is 32.9 Å². The molecule has 2 heterocycles. The first kappa shape index (κ1) is 22.0. The van der Waals surface area contributed by atoms with Crippen LogP contribution in [0.4, 0.5) is 0 Å². The minimum atomic E-state index is -0.369. The fourth-order valence-corrected chi connectivity index (χ4v) is 4.67. The minimum Gasteiger partial charge on any atom is -0.355 e. The van der Waals surface area contributed by atoms with E-state index in [0.717, 1.165) is 40.8 Å². The Balaban J connectivity index is 1.90. The Labute approximate surface area is 181 Å². The maximum absolute atomic E-state index is 13.1. The van der Waals surface area contributed by atoms with E-state index in [-0.39, 0.29) is 16.8 Å². The molecular formula is C23H28N4O2S. The van der Waals surface area contributed by atoms with Gasteiger partial charge in [-0.2, -0.15) is 0 Å². The van der Waals surface area contributed by atoms with Gasteiger partial charge in [0.1, 0.15) is 0 Å². The Morgan fingerprint density at radius 2 is 1.93 bits per heavy atom. The van der Waals surface area contributed by atoms with Crippen LogP contribution in [0.15, 0.2) is 29.4 Å². The molecule has 0 saturated carbocycles. The molecule has 0 bridgehead atoms. The first-order valence-electron chi connectivity index (χ1n) is 10.2. The maximum atomic E-state index is 13.1. The average Bonchev–Trinajstić information content (AvgIpc) is 3.21. The Bertz CT molecular complexity index is 1100. The van der Waals surface area contributed by atoms with Crippen LogP contribution >= 0.6 is 11.8 Å². The maximum Gasteiger partial charge on any atom is 0.192 e. The van der Waals surface area contributed by atoms with Crippen LogP contribution in [0.25, 0.3) is 11.4 Å². The predicted molar refractivity (Wildman–Crippen MR) is 120 cm³/mol. The molecular weight excluding hydrogens is 396 g/mol. The highest BCUT2D eigenvalue weighted by Gasteiger charge is 2.26. The van der Waals surface area contributed by atoms with Crippen LogP contribution in [0.5, 0.6) is 0 Å². The highest BCUT2D eigenvalue weighted by Crippen LogP contribution is 2.30. The zero-order chi connectivity index (χ0) is 22.0. The standard InChI is InChI=1S/C23H28N4O2S/c1-7-11-27-22(18-10-8-9-13(2)12-18)25-26-23(27)30-17(6)21(29)20-14(3)19(16(5)28)15(4)24-20/h8-10,12,17,24H,7,11H2,1-6H3/t17-/m0/s1. The van der Waals surface area contributed by atoms with E-state index in [4.69, 9.17) is 0 Å². The molecule has 3 rings (SSSR count). The summed E-state index contributed by atoms with van der Waals surface area (Å²) >= 11 is 1.40. The van der Waals surface area contributed by atoms with Crippen LogP contribution in [0.1, 0.15) is 64.9 Å². The third kappa shape index (κ3) is 4.26. The van der Waals surface area contributed by atoms with Crippen molar-refractivity contribution < 1.29 is 9.59 Å². The lowest BCUT2D eigenvalue weighted by atomic mass is 10.0. The predicted octanol–water partition coefficient (Wildman–Crippen LogP) is 5.17. The average molecular weight is 425 g/mol. The highest BCUT2D eigenvalue weighted by atomic mass is 32.2. The number of carbonyl (C=O) groups excluding carboxylic acids is 2. The van der Waals surface area contributed by atoms with Crippen LogP contribution in [0, 0.1) is 20.8 Å². The number of aryl methyl sites for hydroxylation is 2. The molecule has 0 unspecified atom stereocenters. The molecule has 1 atom stereocenters. The van der Waals surface area contributed by atoms with Crippen molar-refractivity contribution in [3.63, 3.8) is 0 Å². The Morgan fingerprint density at radius 3 is 2.53 bits per heavy atom. The van der Waals surface area contributed by atoms with E-state index in [1.165, 1.54) is 18.7 Å². The Morgan fingerprint density at radius 1 is 1.20 bits per heavy atom. The summed E-state index contributed by atoms with van der Waals surface area (Å²) in [6, 6.07) is 8.18. The molecule has 158 valence electrons. The normalized spacial score (nSPS) is 12.2. The third-order valence-corrected chi connectivity index (χ3v) is 6.21. The summed E-state index contributed by atoms with van der Waals surface area (Å²) in [5.74, 6) is 0.732. The van der Waals surface area contributed by atoms with Gasteiger partial charge in [-0.1, -0.05) is 42.4 Å². The topological polar surface area (TPSA) is 80.6 Å². The molecule has 0 aliphatic heterocycles. The summed E-state index contributed by atoms with van der Waals surface area (Å²) in [5.41, 5.74) is 4.73. The number of carbonyl (C=O) groups is 2. The molecule has 0 fully saturated rings. The van der Waals surface area contributed by atoms with Crippen molar-refractivity contribution in [3.8, 4) is 11.4 Å². The minimum absolute atomic E-state index is 0.0360. The van der Waals surface area contributed by atoms with Crippen molar-refractivity contribution in [2.45, 2.75) is 64.9 Å². The van der Waals surface area contributed by atoms with E-state index in [2.05, 4.69) is 45.7 Å². The summed E-state index contributed by atoms with van der Waals surface area (Å²) in [6.07, 6.45) is 0.934. The number of ketones is 2. The molecule has 0 radical (unpaired) electrons. The van der Waals surface area contributed by atoms with Gasteiger partial charge < -0.3 is 9.55 Å². The first-order chi connectivity index (χ1) is 14.2. The summed E-state index contributed by atoms with van der Waals surface area (Å²) in [5, 5.41) is 9.16. The van der Waals surface area contributed by atoms with Crippen LogP contribution < -0.4 is 0 Å². The lowest BCUT2D eigenvalue weighted by molar-refractivity contribution is 0.0988. The summed E-state index contributed by atoms with van der Waals surface area (Å²) in [4.78, 5) is 28.1. The molecule has 0 spiro atoms. The van der Waals surface area contributed by atoms with Gasteiger partial charge in [-0.05, 0) is 52.7 Å². The number of aromatic amines is 1. The zero-order valence-electron chi connectivity index (χ0n) is 18.4. The molecule has 0 amide bonds. The molecule has 1 N–H and O–H groups in total. The van der Waals surface area contributed by atoms with Gasteiger partial charge in [0, 0.05) is 23.4 Å². The molecule has 0 saturated heterocycles. The monoisotopic (exact) mass is 424 g/mol. The van der Waals surface area contributed by atoms with Crippen LogP contribution in [0.3, 0.4) is 0 Å².